The van der Waals surface area contributed by atoms with E-state index in [1.54, 1.807) is 13.3 Å². The summed E-state index contributed by atoms with van der Waals surface area (Å²) >= 11 is 3.44. The van der Waals surface area contributed by atoms with Crippen molar-refractivity contribution in [2.75, 3.05) is 12.4 Å². The zero-order valence-corrected chi connectivity index (χ0v) is 16.6. The van der Waals surface area contributed by atoms with Gasteiger partial charge in [0.05, 0.1) is 18.5 Å². The molecule has 6 nitrogen and oxygen atoms in total. The number of nitrogens with zero attached hydrogens (tertiary/aromatic N) is 3. The summed E-state index contributed by atoms with van der Waals surface area (Å²) < 4.78 is 7.70. The summed E-state index contributed by atoms with van der Waals surface area (Å²) in [7, 11) is 1.60. The van der Waals surface area contributed by atoms with Crippen LogP contribution in [0.15, 0.2) is 21.7 Å². The van der Waals surface area contributed by atoms with Gasteiger partial charge in [-0.1, -0.05) is 6.92 Å². The largest absolute Gasteiger partial charge is 0.481 e. The van der Waals surface area contributed by atoms with Crippen molar-refractivity contribution in [3.63, 3.8) is 0 Å². The van der Waals surface area contributed by atoms with E-state index in [0.29, 0.717) is 22.2 Å². The lowest BCUT2D eigenvalue weighted by molar-refractivity contribution is 0.394. The van der Waals surface area contributed by atoms with Gasteiger partial charge in [-0.3, -0.25) is 4.79 Å². The predicted molar refractivity (Wildman–Crippen MR) is 102 cm³/mol. The van der Waals surface area contributed by atoms with Crippen molar-refractivity contribution in [3.05, 3.63) is 38.5 Å². The van der Waals surface area contributed by atoms with Gasteiger partial charge in [0.25, 0.3) is 5.56 Å². The number of rotatable bonds is 6. The van der Waals surface area contributed by atoms with Gasteiger partial charge in [0.2, 0.25) is 5.88 Å². The molecule has 0 unspecified atom stereocenters. The SMILES string of the molecule is CC[C@H](C1CC1)n1cc(Br)nc(Nc2cc(C)c(OC)nc2C)c1=O. The Labute approximate surface area is 155 Å². The first-order chi connectivity index (χ1) is 11.9. The lowest BCUT2D eigenvalue weighted by Gasteiger charge is -2.19. The van der Waals surface area contributed by atoms with E-state index in [4.69, 9.17) is 4.74 Å². The standard InChI is InChI=1S/C18H23BrN4O2/c1-5-14(12-6-7-12)23-9-15(19)22-16(18(23)24)21-13-8-10(2)17(25-4)20-11(13)3/h8-9,12,14H,5-7H2,1-4H3,(H,21,22)/t14-/m1/s1. The topological polar surface area (TPSA) is 69.0 Å². The highest BCUT2D eigenvalue weighted by molar-refractivity contribution is 9.10. The van der Waals surface area contributed by atoms with Gasteiger partial charge >= 0.3 is 0 Å². The Bertz CT molecular complexity index is 846. The van der Waals surface area contributed by atoms with E-state index in [9.17, 15) is 4.79 Å². The smallest absolute Gasteiger partial charge is 0.293 e. The third-order valence-corrected chi connectivity index (χ3v) is 5.03. The minimum absolute atomic E-state index is 0.102. The molecule has 1 N–H and O–H groups in total. The first-order valence-corrected chi connectivity index (χ1v) is 9.31. The molecule has 134 valence electrons. The fourth-order valence-corrected chi connectivity index (χ4v) is 3.59. The summed E-state index contributed by atoms with van der Waals surface area (Å²) in [5.74, 6) is 1.49. The number of methoxy groups -OCH3 is 1. The number of pyridine rings is 1. The van der Waals surface area contributed by atoms with Crippen LogP contribution < -0.4 is 15.6 Å². The van der Waals surface area contributed by atoms with Crippen LogP contribution in [0.25, 0.3) is 0 Å². The Kier molecular flexibility index (Phi) is 5.13. The Hall–Kier alpha value is -1.89. The summed E-state index contributed by atoms with van der Waals surface area (Å²) in [5.41, 5.74) is 2.31. The van der Waals surface area contributed by atoms with Crippen molar-refractivity contribution >= 4 is 27.4 Å². The molecule has 1 atom stereocenters. The van der Waals surface area contributed by atoms with Crippen molar-refractivity contribution < 1.29 is 4.74 Å². The molecule has 0 radical (unpaired) electrons. The molecule has 1 saturated carbocycles. The lowest BCUT2D eigenvalue weighted by atomic mass is 10.1. The van der Waals surface area contributed by atoms with E-state index in [0.717, 1.165) is 23.4 Å². The number of aryl methyl sites for hydroxylation is 2. The molecule has 3 rings (SSSR count). The van der Waals surface area contributed by atoms with E-state index in [2.05, 4.69) is 38.1 Å². The highest BCUT2D eigenvalue weighted by atomic mass is 79.9. The predicted octanol–water partition coefficient (Wildman–Crippen LogP) is 4.13. The van der Waals surface area contributed by atoms with Crippen LogP contribution in [0.5, 0.6) is 5.88 Å². The molecule has 25 heavy (non-hydrogen) atoms. The van der Waals surface area contributed by atoms with Crippen LogP contribution >= 0.6 is 15.9 Å². The summed E-state index contributed by atoms with van der Waals surface area (Å²) in [6.07, 6.45) is 5.11. The molecule has 1 aliphatic carbocycles. The van der Waals surface area contributed by atoms with Crippen molar-refractivity contribution in [3.8, 4) is 5.88 Å². The number of anilines is 2. The monoisotopic (exact) mass is 406 g/mol. The van der Waals surface area contributed by atoms with Gasteiger partial charge in [-0.25, -0.2) is 9.97 Å². The highest BCUT2D eigenvalue weighted by Gasteiger charge is 2.32. The van der Waals surface area contributed by atoms with Crippen LogP contribution in [0.2, 0.25) is 0 Å². The van der Waals surface area contributed by atoms with E-state index in [1.807, 2.05) is 24.5 Å². The van der Waals surface area contributed by atoms with Crippen LogP contribution in [0.3, 0.4) is 0 Å². The third kappa shape index (κ3) is 3.71. The molecular weight excluding hydrogens is 384 g/mol. The maximum absolute atomic E-state index is 12.9. The Morgan fingerprint density at radius 3 is 2.72 bits per heavy atom. The zero-order chi connectivity index (χ0) is 18.1. The fraction of sp³-hybridized carbons (Fsp3) is 0.500. The number of nitrogens with one attached hydrogen (secondary N) is 1. The lowest BCUT2D eigenvalue weighted by Crippen LogP contribution is -2.28. The number of halogens is 1. The molecule has 0 amide bonds. The molecule has 1 fully saturated rings. The second kappa shape index (κ2) is 7.15. The zero-order valence-electron chi connectivity index (χ0n) is 15.0. The summed E-state index contributed by atoms with van der Waals surface area (Å²) in [4.78, 5) is 21.7. The maximum Gasteiger partial charge on any atom is 0.293 e. The third-order valence-electron chi connectivity index (χ3n) is 4.65. The Morgan fingerprint density at radius 1 is 1.40 bits per heavy atom. The van der Waals surface area contributed by atoms with Crippen molar-refractivity contribution in [2.45, 2.75) is 46.1 Å². The molecular formula is C18H23BrN4O2. The first-order valence-electron chi connectivity index (χ1n) is 8.52. The summed E-state index contributed by atoms with van der Waals surface area (Å²) in [6.45, 7) is 5.92. The van der Waals surface area contributed by atoms with E-state index < -0.39 is 0 Å². The van der Waals surface area contributed by atoms with Gasteiger partial charge in [-0.2, -0.15) is 0 Å². The van der Waals surface area contributed by atoms with Crippen LogP contribution in [0.4, 0.5) is 11.5 Å². The number of hydrogen-bond acceptors (Lipinski definition) is 5. The molecule has 2 aromatic rings. The summed E-state index contributed by atoms with van der Waals surface area (Å²) in [6, 6.07) is 2.15. The Morgan fingerprint density at radius 2 is 2.12 bits per heavy atom. The number of hydrogen-bond donors (Lipinski definition) is 1. The Balaban J connectivity index is 1.99. The van der Waals surface area contributed by atoms with E-state index in [-0.39, 0.29) is 11.6 Å². The average molecular weight is 407 g/mol. The van der Waals surface area contributed by atoms with Gasteiger partial charge < -0.3 is 14.6 Å². The minimum Gasteiger partial charge on any atom is -0.481 e. The minimum atomic E-state index is -0.102. The number of ether oxygens (including phenoxy) is 1. The van der Waals surface area contributed by atoms with Crippen LogP contribution in [-0.2, 0) is 0 Å². The van der Waals surface area contributed by atoms with Crippen molar-refractivity contribution in [1.82, 2.24) is 14.5 Å². The van der Waals surface area contributed by atoms with Gasteiger partial charge in [0.15, 0.2) is 5.82 Å². The van der Waals surface area contributed by atoms with E-state index >= 15 is 0 Å². The first kappa shape index (κ1) is 17.9. The van der Waals surface area contributed by atoms with Crippen LogP contribution in [0, 0.1) is 19.8 Å². The molecule has 2 aromatic heterocycles. The normalized spacial score (nSPS) is 15.1. The molecule has 7 heteroatoms. The molecule has 1 aliphatic rings. The highest BCUT2D eigenvalue weighted by Crippen LogP contribution is 2.41. The van der Waals surface area contributed by atoms with Gasteiger partial charge in [0.1, 0.15) is 4.60 Å². The molecule has 0 aliphatic heterocycles. The number of aromatic nitrogens is 3. The molecule has 0 spiro atoms. The maximum atomic E-state index is 12.9. The summed E-state index contributed by atoms with van der Waals surface area (Å²) in [5, 5.41) is 3.16. The average Bonchev–Trinajstić information content (AvgIpc) is 3.40. The van der Waals surface area contributed by atoms with Gasteiger partial charge in [-0.15, -0.1) is 0 Å². The molecule has 0 saturated heterocycles. The van der Waals surface area contributed by atoms with E-state index in [1.165, 1.54) is 12.8 Å². The van der Waals surface area contributed by atoms with Crippen LogP contribution in [-0.4, -0.2) is 21.6 Å². The van der Waals surface area contributed by atoms with Gasteiger partial charge in [-0.05, 0) is 61.0 Å². The quantitative estimate of drug-likeness (QED) is 0.780. The molecule has 2 heterocycles. The second-order valence-corrected chi connectivity index (χ2v) is 7.32. The van der Waals surface area contributed by atoms with Crippen molar-refractivity contribution in [1.29, 1.82) is 0 Å². The van der Waals surface area contributed by atoms with Gasteiger partial charge in [0, 0.05) is 17.8 Å². The fourth-order valence-electron chi connectivity index (χ4n) is 3.19. The van der Waals surface area contributed by atoms with Crippen LogP contribution in [0.1, 0.15) is 43.5 Å². The van der Waals surface area contributed by atoms with Crippen molar-refractivity contribution in [2.24, 2.45) is 5.92 Å². The second-order valence-electron chi connectivity index (χ2n) is 6.51. The molecule has 0 bridgehead atoms. The molecule has 0 aromatic carbocycles.